The largest absolute Gasteiger partial charge is 0.492 e. The maximum absolute atomic E-state index is 13.5. The van der Waals surface area contributed by atoms with Gasteiger partial charge in [-0.25, -0.2) is 0 Å². The number of aromatic nitrogens is 1. The van der Waals surface area contributed by atoms with Crippen LogP contribution in [0.4, 0.5) is 0 Å². The van der Waals surface area contributed by atoms with Crippen molar-refractivity contribution < 1.29 is 9.53 Å². The van der Waals surface area contributed by atoms with Crippen molar-refractivity contribution in [1.82, 2.24) is 9.30 Å². The molecule has 178 valence electrons. The van der Waals surface area contributed by atoms with Crippen LogP contribution in [0.2, 0.25) is 5.02 Å². The first-order valence-corrected chi connectivity index (χ1v) is 12.7. The molecule has 33 heavy (non-hydrogen) atoms. The molecular formula is C28H37ClN2O2. The lowest BCUT2D eigenvalue weighted by molar-refractivity contribution is 0.103. The Morgan fingerprint density at radius 2 is 1.76 bits per heavy atom. The van der Waals surface area contributed by atoms with Gasteiger partial charge in [-0.3, -0.25) is 4.79 Å². The predicted octanol–water partition coefficient (Wildman–Crippen LogP) is 7.06. The van der Waals surface area contributed by atoms with Crippen molar-refractivity contribution in [2.45, 2.75) is 59.3 Å². The Morgan fingerprint density at radius 1 is 0.970 bits per heavy atom. The highest BCUT2D eigenvalue weighted by molar-refractivity contribution is 6.32. The molecule has 1 aromatic carbocycles. The monoisotopic (exact) mass is 468 g/mol. The summed E-state index contributed by atoms with van der Waals surface area (Å²) in [4.78, 5) is 16.0. The smallest absolute Gasteiger partial charge is 0.210 e. The fourth-order valence-electron chi connectivity index (χ4n) is 4.33. The van der Waals surface area contributed by atoms with Gasteiger partial charge in [0.25, 0.3) is 0 Å². The standard InChI is InChI=1S/C28H37ClN2O2/c1-4-7-11-22-20-24-12-8-9-18-31(24)27(22)28(32)23-13-14-26(25(29)21-23)33-19-10-17-30(15-5-2)16-6-3/h8-9,12-14,18,20-21H,4-7,10-11,15-17,19H2,1-3H3. The molecule has 0 spiro atoms. The van der Waals surface area contributed by atoms with Crippen molar-refractivity contribution in [1.29, 1.82) is 0 Å². The van der Waals surface area contributed by atoms with Crippen LogP contribution in [-0.2, 0) is 6.42 Å². The second-order valence-corrected chi connectivity index (χ2v) is 9.04. The zero-order valence-electron chi connectivity index (χ0n) is 20.3. The summed E-state index contributed by atoms with van der Waals surface area (Å²) in [6.07, 6.45) is 8.27. The third-order valence-electron chi connectivity index (χ3n) is 5.92. The average molecular weight is 469 g/mol. The first-order chi connectivity index (χ1) is 16.1. The first-order valence-electron chi connectivity index (χ1n) is 12.4. The van der Waals surface area contributed by atoms with Gasteiger partial charge >= 0.3 is 0 Å². The van der Waals surface area contributed by atoms with Gasteiger partial charge < -0.3 is 14.0 Å². The molecule has 0 bridgehead atoms. The SMILES string of the molecule is CCCCc1cc2ccccn2c1C(=O)c1ccc(OCCCN(CCC)CCC)c(Cl)c1. The van der Waals surface area contributed by atoms with Crippen LogP contribution in [0, 0.1) is 0 Å². The van der Waals surface area contributed by atoms with Crippen LogP contribution in [0.3, 0.4) is 0 Å². The number of unbranched alkanes of at least 4 members (excludes halogenated alkanes) is 1. The van der Waals surface area contributed by atoms with Gasteiger partial charge in [0.2, 0.25) is 5.78 Å². The van der Waals surface area contributed by atoms with Crippen LogP contribution < -0.4 is 4.74 Å². The van der Waals surface area contributed by atoms with Crippen molar-refractivity contribution in [2.75, 3.05) is 26.2 Å². The zero-order chi connectivity index (χ0) is 23.6. The Hall–Kier alpha value is -2.30. The summed E-state index contributed by atoms with van der Waals surface area (Å²) in [6.45, 7) is 10.5. The number of pyridine rings is 1. The minimum absolute atomic E-state index is 0.00414. The van der Waals surface area contributed by atoms with E-state index in [1.165, 1.54) is 12.8 Å². The third-order valence-corrected chi connectivity index (χ3v) is 6.22. The van der Waals surface area contributed by atoms with Gasteiger partial charge in [-0.1, -0.05) is 44.9 Å². The Balaban J connectivity index is 1.70. The summed E-state index contributed by atoms with van der Waals surface area (Å²) >= 11 is 6.52. The second-order valence-electron chi connectivity index (χ2n) is 8.64. The van der Waals surface area contributed by atoms with E-state index in [-0.39, 0.29) is 5.78 Å². The van der Waals surface area contributed by atoms with E-state index in [2.05, 4.69) is 31.7 Å². The van der Waals surface area contributed by atoms with Crippen LogP contribution >= 0.6 is 11.6 Å². The molecule has 0 radical (unpaired) electrons. The van der Waals surface area contributed by atoms with Crippen molar-refractivity contribution in [3.05, 3.63) is 70.5 Å². The number of aryl methyl sites for hydroxylation is 1. The first kappa shape index (κ1) is 25.3. The van der Waals surface area contributed by atoms with Gasteiger partial charge in [0.15, 0.2) is 0 Å². The third kappa shape index (κ3) is 6.61. The Morgan fingerprint density at radius 3 is 2.45 bits per heavy atom. The van der Waals surface area contributed by atoms with E-state index in [9.17, 15) is 4.79 Å². The molecular weight excluding hydrogens is 432 g/mol. The molecule has 0 saturated carbocycles. The molecule has 3 rings (SSSR count). The summed E-state index contributed by atoms with van der Waals surface area (Å²) in [7, 11) is 0. The molecule has 0 atom stereocenters. The van der Waals surface area contributed by atoms with Crippen LogP contribution in [-0.4, -0.2) is 41.3 Å². The number of hydrogen-bond acceptors (Lipinski definition) is 3. The molecule has 5 heteroatoms. The molecule has 2 aromatic heterocycles. The maximum atomic E-state index is 13.5. The van der Waals surface area contributed by atoms with Crippen molar-refractivity contribution in [3.63, 3.8) is 0 Å². The zero-order valence-corrected chi connectivity index (χ0v) is 21.0. The highest BCUT2D eigenvalue weighted by Gasteiger charge is 2.20. The van der Waals surface area contributed by atoms with E-state index in [0.717, 1.165) is 62.1 Å². The topological polar surface area (TPSA) is 34.0 Å². The highest BCUT2D eigenvalue weighted by Crippen LogP contribution is 2.28. The summed E-state index contributed by atoms with van der Waals surface area (Å²) in [5, 5.41) is 0.482. The van der Waals surface area contributed by atoms with Gasteiger partial charge in [-0.15, -0.1) is 0 Å². The minimum Gasteiger partial charge on any atom is -0.492 e. The van der Waals surface area contributed by atoms with E-state index in [4.69, 9.17) is 16.3 Å². The summed E-state index contributed by atoms with van der Waals surface area (Å²) in [5.41, 5.74) is 3.45. The second kappa shape index (κ2) is 12.8. The number of halogens is 1. The molecule has 0 unspecified atom stereocenters. The van der Waals surface area contributed by atoms with Crippen LogP contribution in [0.25, 0.3) is 5.52 Å². The molecule has 0 aliphatic carbocycles. The number of carbonyl (C=O) groups is 1. The maximum Gasteiger partial charge on any atom is 0.210 e. The summed E-state index contributed by atoms with van der Waals surface area (Å²) in [5.74, 6) is 0.632. The number of fused-ring (bicyclic) bond motifs is 1. The fraction of sp³-hybridized carbons (Fsp3) is 0.464. The summed E-state index contributed by atoms with van der Waals surface area (Å²) in [6, 6.07) is 13.5. The Bertz CT molecular complexity index is 1040. The van der Waals surface area contributed by atoms with Gasteiger partial charge in [0, 0.05) is 23.8 Å². The number of carbonyl (C=O) groups excluding carboxylic acids is 1. The van der Waals surface area contributed by atoms with E-state index in [1.807, 2.05) is 40.9 Å². The lowest BCUT2D eigenvalue weighted by atomic mass is 10.0. The molecule has 3 aromatic rings. The molecule has 0 N–H and O–H groups in total. The van der Waals surface area contributed by atoms with Gasteiger partial charge in [-0.2, -0.15) is 0 Å². The number of rotatable bonds is 14. The average Bonchev–Trinajstić information content (AvgIpc) is 3.19. The molecule has 0 aliphatic heterocycles. The van der Waals surface area contributed by atoms with Gasteiger partial charge in [-0.05, 0) is 87.2 Å². The van der Waals surface area contributed by atoms with Crippen LogP contribution in [0.5, 0.6) is 5.75 Å². The molecule has 0 aliphatic rings. The normalized spacial score (nSPS) is 11.4. The minimum atomic E-state index is -0.00414. The lowest BCUT2D eigenvalue weighted by Gasteiger charge is -2.20. The van der Waals surface area contributed by atoms with Crippen molar-refractivity contribution >= 4 is 22.9 Å². The number of ether oxygens (including phenoxy) is 1. The number of nitrogens with zero attached hydrogens (tertiary/aromatic N) is 2. The quantitative estimate of drug-likeness (QED) is 0.187. The molecule has 4 nitrogen and oxygen atoms in total. The highest BCUT2D eigenvalue weighted by atomic mass is 35.5. The fourth-order valence-corrected chi connectivity index (χ4v) is 4.56. The van der Waals surface area contributed by atoms with Crippen LogP contribution in [0.15, 0.2) is 48.7 Å². The van der Waals surface area contributed by atoms with Gasteiger partial charge in [0.1, 0.15) is 5.75 Å². The lowest BCUT2D eigenvalue weighted by Crippen LogP contribution is -2.27. The molecule has 0 saturated heterocycles. The van der Waals surface area contributed by atoms with E-state index in [1.54, 1.807) is 6.07 Å². The predicted molar refractivity (Wildman–Crippen MR) is 138 cm³/mol. The Kier molecular flexibility index (Phi) is 9.83. The number of benzene rings is 1. The van der Waals surface area contributed by atoms with E-state index < -0.39 is 0 Å². The number of ketones is 1. The Labute approximate surface area is 203 Å². The number of hydrogen-bond donors (Lipinski definition) is 0. The summed E-state index contributed by atoms with van der Waals surface area (Å²) < 4.78 is 7.93. The van der Waals surface area contributed by atoms with Crippen LogP contribution in [0.1, 0.15) is 74.5 Å². The molecule has 0 fully saturated rings. The van der Waals surface area contributed by atoms with E-state index >= 15 is 0 Å². The molecule has 2 heterocycles. The van der Waals surface area contributed by atoms with Gasteiger partial charge in [0.05, 0.1) is 17.3 Å². The van der Waals surface area contributed by atoms with E-state index in [0.29, 0.717) is 22.9 Å². The molecule has 0 amide bonds. The van der Waals surface area contributed by atoms with Crippen molar-refractivity contribution in [2.24, 2.45) is 0 Å². The van der Waals surface area contributed by atoms with Crippen molar-refractivity contribution in [3.8, 4) is 5.75 Å².